The van der Waals surface area contributed by atoms with E-state index < -0.39 is 6.04 Å². The van der Waals surface area contributed by atoms with E-state index in [4.69, 9.17) is 9.57 Å². The number of hydrogen-bond acceptors (Lipinski definition) is 5. The van der Waals surface area contributed by atoms with Crippen LogP contribution in [0.4, 0.5) is 0 Å². The maximum Gasteiger partial charge on any atom is 0.271 e. The van der Waals surface area contributed by atoms with Crippen molar-refractivity contribution in [1.82, 2.24) is 9.96 Å². The second kappa shape index (κ2) is 6.14. The lowest BCUT2D eigenvalue weighted by Gasteiger charge is -2.35. The molecule has 6 nitrogen and oxygen atoms in total. The Morgan fingerprint density at radius 2 is 2.47 bits per heavy atom. The van der Waals surface area contributed by atoms with Gasteiger partial charge in [-0.3, -0.25) is 14.4 Å². The Kier molecular flexibility index (Phi) is 4.52. The molecule has 19 heavy (non-hydrogen) atoms. The molecule has 1 aliphatic heterocycles. The molecule has 0 N–H and O–H groups in total. The normalized spacial score (nSPS) is 19.6. The molecule has 1 saturated heterocycles. The minimum Gasteiger partial charge on any atom is -0.369 e. The average molecular weight is 284 g/mol. The Labute approximate surface area is 115 Å². The van der Waals surface area contributed by atoms with Crippen LogP contribution in [0.2, 0.25) is 0 Å². The van der Waals surface area contributed by atoms with Gasteiger partial charge >= 0.3 is 0 Å². The van der Waals surface area contributed by atoms with Crippen LogP contribution in [-0.4, -0.2) is 55.2 Å². The van der Waals surface area contributed by atoms with Crippen molar-refractivity contribution in [3.05, 3.63) is 22.4 Å². The molecule has 2 heterocycles. The highest BCUT2D eigenvalue weighted by atomic mass is 32.1. The zero-order chi connectivity index (χ0) is 13.8. The van der Waals surface area contributed by atoms with Gasteiger partial charge in [0, 0.05) is 11.9 Å². The number of hydrogen-bond donors (Lipinski definition) is 0. The van der Waals surface area contributed by atoms with E-state index in [1.54, 1.807) is 16.2 Å². The van der Waals surface area contributed by atoms with Crippen LogP contribution in [0, 0.1) is 0 Å². The lowest BCUT2D eigenvalue weighted by atomic mass is 10.2. The highest BCUT2D eigenvalue weighted by Gasteiger charge is 2.36. The molecule has 0 spiro atoms. The summed E-state index contributed by atoms with van der Waals surface area (Å²) in [5.74, 6) is -0.463. The molecule has 2 amide bonds. The second-order valence-corrected chi connectivity index (χ2v) is 5.18. The van der Waals surface area contributed by atoms with Crippen molar-refractivity contribution in [3.63, 3.8) is 0 Å². The third-order valence-electron chi connectivity index (χ3n) is 2.97. The predicted octanol–water partition coefficient (Wildman–Crippen LogP) is 0.495. The molecule has 1 aliphatic rings. The lowest BCUT2D eigenvalue weighted by molar-refractivity contribution is -0.183. The van der Waals surface area contributed by atoms with Gasteiger partial charge < -0.3 is 9.64 Å². The first-order chi connectivity index (χ1) is 9.13. The van der Waals surface area contributed by atoms with Gasteiger partial charge in [-0.05, 0) is 11.4 Å². The Hall–Kier alpha value is -1.44. The molecule has 7 heteroatoms. The van der Waals surface area contributed by atoms with Crippen LogP contribution in [0.15, 0.2) is 17.5 Å². The van der Waals surface area contributed by atoms with Gasteiger partial charge in [0.1, 0.15) is 12.6 Å². The SMILES string of the molecule is CON(C)C(=O)[C@@H]1COCC(=O)N1Cc1cccs1. The van der Waals surface area contributed by atoms with E-state index in [0.717, 1.165) is 9.94 Å². The largest absolute Gasteiger partial charge is 0.369 e. The van der Waals surface area contributed by atoms with Crippen molar-refractivity contribution >= 4 is 23.2 Å². The van der Waals surface area contributed by atoms with Crippen molar-refractivity contribution in [3.8, 4) is 0 Å². The summed E-state index contributed by atoms with van der Waals surface area (Å²) in [6.45, 7) is 0.642. The molecule has 0 saturated carbocycles. The molecule has 1 atom stereocenters. The third kappa shape index (κ3) is 3.12. The number of carbonyl (C=O) groups is 2. The van der Waals surface area contributed by atoms with Crippen LogP contribution in [0.5, 0.6) is 0 Å². The quantitative estimate of drug-likeness (QED) is 0.755. The van der Waals surface area contributed by atoms with Crippen molar-refractivity contribution in [2.45, 2.75) is 12.6 Å². The number of likely N-dealkylation sites (N-methyl/N-ethyl adjacent to an activating group) is 1. The molecule has 0 unspecified atom stereocenters. The topological polar surface area (TPSA) is 59.1 Å². The first-order valence-corrected chi connectivity index (χ1v) is 6.72. The van der Waals surface area contributed by atoms with Gasteiger partial charge in [-0.1, -0.05) is 6.07 Å². The standard InChI is InChI=1S/C12H16N2O4S/c1-13(17-2)12(16)10-7-18-8-11(15)14(10)6-9-4-3-5-19-9/h3-5,10H,6-8H2,1-2H3/t10-/m0/s1. The molecule has 1 aromatic heterocycles. The van der Waals surface area contributed by atoms with Gasteiger partial charge in [0.05, 0.1) is 20.3 Å². The Morgan fingerprint density at radius 1 is 1.68 bits per heavy atom. The van der Waals surface area contributed by atoms with Crippen molar-refractivity contribution in [1.29, 1.82) is 0 Å². The van der Waals surface area contributed by atoms with Gasteiger partial charge in [0.2, 0.25) is 5.91 Å². The van der Waals surface area contributed by atoms with Crippen LogP contribution in [0.1, 0.15) is 4.88 Å². The number of amides is 2. The van der Waals surface area contributed by atoms with Crippen molar-refractivity contribution < 1.29 is 19.2 Å². The fraction of sp³-hybridized carbons (Fsp3) is 0.500. The van der Waals surface area contributed by atoms with Crippen molar-refractivity contribution in [2.75, 3.05) is 27.4 Å². The predicted molar refractivity (Wildman–Crippen MR) is 69.3 cm³/mol. The average Bonchev–Trinajstić information content (AvgIpc) is 2.92. The number of nitrogens with zero attached hydrogens (tertiary/aromatic N) is 2. The number of thiophene rings is 1. The zero-order valence-electron chi connectivity index (χ0n) is 10.9. The van der Waals surface area contributed by atoms with E-state index in [-0.39, 0.29) is 25.0 Å². The summed E-state index contributed by atoms with van der Waals surface area (Å²) in [4.78, 5) is 31.5. The maximum absolute atomic E-state index is 12.1. The van der Waals surface area contributed by atoms with E-state index >= 15 is 0 Å². The van der Waals surface area contributed by atoms with E-state index in [0.29, 0.717) is 6.54 Å². The fourth-order valence-electron chi connectivity index (χ4n) is 1.88. The Morgan fingerprint density at radius 3 is 3.11 bits per heavy atom. The Bertz CT molecular complexity index is 449. The smallest absolute Gasteiger partial charge is 0.271 e. The van der Waals surface area contributed by atoms with Gasteiger partial charge in [0.25, 0.3) is 5.91 Å². The van der Waals surface area contributed by atoms with Crippen LogP contribution in [0.3, 0.4) is 0 Å². The van der Waals surface area contributed by atoms with Crippen LogP contribution in [0.25, 0.3) is 0 Å². The summed E-state index contributed by atoms with van der Waals surface area (Å²) < 4.78 is 5.17. The first-order valence-electron chi connectivity index (χ1n) is 5.84. The third-order valence-corrected chi connectivity index (χ3v) is 3.83. The van der Waals surface area contributed by atoms with Gasteiger partial charge in [-0.15, -0.1) is 11.3 Å². The number of ether oxygens (including phenoxy) is 1. The minimum atomic E-state index is -0.631. The molecular formula is C12H16N2O4S. The maximum atomic E-state index is 12.1. The minimum absolute atomic E-state index is 0.0197. The summed E-state index contributed by atoms with van der Waals surface area (Å²) in [5.41, 5.74) is 0. The first kappa shape index (κ1) is 14.0. The highest BCUT2D eigenvalue weighted by molar-refractivity contribution is 7.09. The molecule has 1 fully saturated rings. The summed E-state index contributed by atoms with van der Waals surface area (Å²) in [7, 11) is 2.93. The summed E-state index contributed by atoms with van der Waals surface area (Å²) in [6, 6.07) is 3.23. The van der Waals surface area contributed by atoms with E-state index in [2.05, 4.69) is 0 Å². The van der Waals surface area contributed by atoms with E-state index in [9.17, 15) is 9.59 Å². The molecule has 0 bridgehead atoms. The van der Waals surface area contributed by atoms with E-state index in [1.807, 2.05) is 17.5 Å². The molecule has 1 aromatic rings. The highest BCUT2D eigenvalue weighted by Crippen LogP contribution is 2.18. The lowest BCUT2D eigenvalue weighted by Crippen LogP contribution is -2.55. The van der Waals surface area contributed by atoms with Gasteiger partial charge in [-0.2, -0.15) is 0 Å². The number of morpholine rings is 1. The zero-order valence-corrected chi connectivity index (χ0v) is 11.7. The summed E-state index contributed by atoms with van der Waals surface area (Å²) in [5, 5.41) is 3.06. The van der Waals surface area contributed by atoms with Gasteiger partial charge in [0.15, 0.2) is 0 Å². The van der Waals surface area contributed by atoms with E-state index in [1.165, 1.54) is 14.2 Å². The molecule has 0 aliphatic carbocycles. The molecule has 104 valence electrons. The van der Waals surface area contributed by atoms with Crippen LogP contribution < -0.4 is 0 Å². The summed E-state index contributed by atoms with van der Waals surface area (Å²) >= 11 is 1.56. The fourth-order valence-corrected chi connectivity index (χ4v) is 2.58. The molecular weight excluding hydrogens is 268 g/mol. The van der Waals surface area contributed by atoms with Gasteiger partial charge in [-0.25, -0.2) is 5.06 Å². The second-order valence-electron chi connectivity index (χ2n) is 4.15. The molecule has 0 aromatic carbocycles. The summed E-state index contributed by atoms with van der Waals surface area (Å²) in [6.07, 6.45) is 0. The van der Waals surface area contributed by atoms with Crippen LogP contribution in [-0.2, 0) is 25.7 Å². The monoisotopic (exact) mass is 284 g/mol. The number of rotatable bonds is 4. The number of carbonyl (C=O) groups excluding carboxylic acids is 2. The molecule has 2 rings (SSSR count). The van der Waals surface area contributed by atoms with Crippen LogP contribution >= 0.6 is 11.3 Å². The number of hydroxylamine groups is 2. The Balaban J connectivity index is 2.14. The molecule has 0 radical (unpaired) electrons. The van der Waals surface area contributed by atoms with Crippen molar-refractivity contribution in [2.24, 2.45) is 0 Å².